The second-order valence-electron chi connectivity index (χ2n) is 6.14. The van der Waals surface area contributed by atoms with Crippen molar-refractivity contribution in [3.63, 3.8) is 0 Å². The number of hydrogen-bond donors (Lipinski definition) is 1. The Morgan fingerprint density at radius 2 is 2.19 bits per heavy atom. The molecule has 27 heavy (non-hydrogen) atoms. The van der Waals surface area contributed by atoms with E-state index in [4.69, 9.17) is 0 Å². The standard InChI is InChI=1S/C19H20BrN3O2S2/c1-3-4-8-23-18(25)17-15(7-9-26-17)22-19(23)27-11-16(24)21-13-5-6-14(20)12(2)10-13/h5-7,9-10H,3-4,8,11H2,1-2H3,(H,21,24). The topological polar surface area (TPSA) is 64.0 Å². The second kappa shape index (κ2) is 9.03. The lowest BCUT2D eigenvalue weighted by molar-refractivity contribution is -0.113. The molecule has 0 atom stereocenters. The van der Waals surface area contributed by atoms with Gasteiger partial charge in [-0.2, -0.15) is 0 Å². The SMILES string of the molecule is CCCCn1c(SCC(=O)Nc2ccc(Br)c(C)c2)nc2ccsc2c1=O. The maximum absolute atomic E-state index is 12.7. The van der Waals surface area contributed by atoms with E-state index in [1.54, 1.807) is 4.57 Å². The largest absolute Gasteiger partial charge is 0.325 e. The molecule has 0 aliphatic rings. The zero-order valence-electron chi connectivity index (χ0n) is 15.1. The lowest BCUT2D eigenvalue weighted by Crippen LogP contribution is -2.23. The number of fused-ring (bicyclic) bond motifs is 1. The zero-order valence-corrected chi connectivity index (χ0v) is 18.3. The summed E-state index contributed by atoms with van der Waals surface area (Å²) in [5.74, 6) is 0.0759. The molecule has 0 radical (unpaired) electrons. The number of thioether (sulfide) groups is 1. The van der Waals surface area contributed by atoms with Crippen molar-refractivity contribution in [1.82, 2.24) is 9.55 Å². The van der Waals surface area contributed by atoms with Gasteiger partial charge in [-0.15, -0.1) is 11.3 Å². The maximum atomic E-state index is 12.7. The first-order chi connectivity index (χ1) is 13.0. The number of rotatable bonds is 7. The molecule has 0 aliphatic carbocycles. The monoisotopic (exact) mass is 465 g/mol. The number of nitrogens with zero attached hydrogens (tertiary/aromatic N) is 2. The third kappa shape index (κ3) is 4.80. The predicted octanol–water partition coefficient (Wildman–Crippen LogP) is 5.06. The average molecular weight is 466 g/mol. The van der Waals surface area contributed by atoms with Gasteiger partial charge in [-0.25, -0.2) is 4.98 Å². The van der Waals surface area contributed by atoms with E-state index < -0.39 is 0 Å². The van der Waals surface area contributed by atoms with Crippen LogP contribution in [0, 0.1) is 6.92 Å². The van der Waals surface area contributed by atoms with E-state index in [9.17, 15) is 9.59 Å². The molecule has 0 saturated carbocycles. The van der Waals surface area contributed by atoms with Gasteiger partial charge in [-0.05, 0) is 48.6 Å². The number of halogens is 1. The molecule has 1 aromatic carbocycles. The van der Waals surface area contributed by atoms with Gasteiger partial charge in [0.05, 0.1) is 11.3 Å². The zero-order chi connectivity index (χ0) is 19.4. The van der Waals surface area contributed by atoms with Gasteiger partial charge in [-0.3, -0.25) is 14.2 Å². The normalized spacial score (nSPS) is 11.1. The highest BCUT2D eigenvalue weighted by Crippen LogP contribution is 2.23. The van der Waals surface area contributed by atoms with Crippen molar-refractivity contribution in [2.45, 2.75) is 38.4 Å². The molecule has 2 heterocycles. The molecule has 8 heteroatoms. The summed E-state index contributed by atoms with van der Waals surface area (Å²) in [6.45, 7) is 4.68. The third-order valence-electron chi connectivity index (χ3n) is 4.04. The van der Waals surface area contributed by atoms with Gasteiger partial charge >= 0.3 is 0 Å². The van der Waals surface area contributed by atoms with Crippen molar-refractivity contribution in [2.75, 3.05) is 11.1 Å². The average Bonchev–Trinajstić information content (AvgIpc) is 3.11. The van der Waals surface area contributed by atoms with Crippen LogP contribution >= 0.6 is 39.0 Å². The van der Waals surface area contributed by atoms with Crippen molar-refractivity contribution in [3.8, 4) is 0 Å². The number of anilines is 1. The lowest BCUT2D eigenvalue weighted by Gasteiger charge is -2.12. The van der Waals surface area contributed by atoms with Crippen molar-refractivity contribution in [2.24, 2.45) is 0 Å². The summed E-state index contributed by atoms with van der Waals surface area (Å²) in [5, 5.41) is 5.37. The molecule has 1 amide bonds. The Morgan fingerprint density at radius 1 is 1.37 bits per heavy atom. The van der Waals surface area contributed by atoms with Crippen LogP contribution in [0.25, 0.3) is 10.2 Å². The summed E-state index contributed by atoms with van der Waals surface area (Å²) >= 11 is 6.16. The molecule has 0 bridgehead atoms. The number of thiophene rings is 1. The molecule has 0 saturated heterocycles. The molecular weight excluding hydrogens is 446 g/mol. The summed E-state index contributed by atoms with van der Waals surface area (Å²) in [4.78, 5) is 29.7. The van der Waals surface area contributed by atoms with Gasteiger partial charge in [0.15, 0.2) is 5.16 Å². The van der Waals surface area contributed by atoms with Crippen molar-refractivity contribution >= 4 is 60.8 Å². The number of amides is 1. The van der Waals surface area contributed by atoms with E-state index >= 15 is 0 Å². The summed E-state index contributed by atoms with van der Waals surface area (Å²) in [6.07, 6.45) is 1.89. The third-order valence-corrected chi connectivity index (χ3v) is 6.80. The first-order valence-corrected chi connectivity index (χ1v) is 11.3. The van der Waals surface area contributed by atoms with E-state index in [1.165, 1.54) is 23.1 Å². The molecule has 0 spiro atoms. The smallest absolute Gasteiger partial charge is 0.272 e. The number of aromatic nitrogens is 2. The Morgan fingerprint density at radius 3 is 2.93 bits per heavy atom. The number of benzene rings is 1. The van der Waals surface area contributed by atoms with Gasteiger partial charge in [0.2, 0.25) is 5.91 Å². The number of hydrogen-bond acceptors (Lipinski definition) is 5. The molecule has 3 rings (SSSR count). The lowest BCUT2D eigenvalue weighted by atomic mass is 10.2. The predicted molar refractivity (Wildman–Crippen MR) is 117 cm³/mol. The Kier molecular flexibility index (Phi) is 6.73. The highest BCUT2D eigenvalue weighted by atomic mass is 79.9. The summed E-state index contributed by atoms with van der Waals surface area (Å²) in [6, 6.07) is 7.53. The minimum Gasteiger partial charge on any atom is -0.325 e. The summed E-state index contributed by atoms with van der Waals surface area (Å²) in [7, 11) is 0. The van der Waals surface area contributed by atoms with Gasteiger partial charge in [-0.1, -0.05) is 41.0 Å². The first kappa shape index (κ1) is 20.1. The minimum absolute atomic E-state index is 0.0186. The Hall–Kier alpha value is -1.64. The van der Waals surface area contributed by atoms with E-state index in [-0.39, 0.29) is 17.2 Å². The highest BCUT2D eigenvalue weighted by Gasteiger charge is 2.14. The number of carbonyl (C=O) groups excluding carboxylic acids is 1. The van der Waals surface area contributed by atoms with Crippen LogP contribution in [0.3, 0.4) is 0 Å². The van der Waals surface area contributed by atoms with Crippen LogP contribution in [0.15, 0.2) is 44.1 Å². The van der Waals surface area contributed by atoms with E-state index in [0.29, 0.717) is 21.9 Å². The fraction of sp³-hybridized carbons (Fsp3) is 0.316. The maximum Gasteiger partial charge on any atom is 0.272 e. The number of unbranched alkanes of at least 4 members (excludes halogenated alkanes) is 1. The number of carbonyl (C=O) groups is 1. The molecular formula is C19H20BrN3O2S2. The molecule has 5 nitrogen and oxygen atoms in total. The van der Waals surface area contributed by atoms with Crippen LogP contribution < -0.4 is 10.9 Å². The van der Waals surface area contributed by atoms with Gasteiger partial charge < -0.3 is 5.32 Å². The molecule has 2 aromatic heterocycles. The van der Waals surface area contributed by atoms with E-state index in [0.717, 1.165) is 28.6 Å². The molecule has 0 unspecified atom stereocenters. The van der Waals surface area contributed by atoms with E-state index in [2.05, 4.69) is 33.2 Å². The van der Waals surface area contributed by atoms with Crippen LogP contribution in [0.5, 0.6) is 0 Å². The fourth-order valence-corrected chi connectivity index (χ4v) is 4.45. The summed E-state index contributed by atoms with van der Waals surface area (Å²) < 4.78 is 3.37. The van der Waals surface area contributed by atoms with Crippen LogP contribution in [-0.2, 0) is 11.3 Å². The van der Waals surface area contributed by atoms with Crippen molar-refractivity contribution < 1.29 is 4.79 Å². The van der Waals surface area contributed by atoms with E-state index in [1.807, 2.05) is 36.6 Å². The highest BCUT2D eigenvalue weighted by molar-refractivity contribution is 9.10. The molecule has 3 aromatic rings. The number of nitrogens with one attached hydrogen (secondary N) is 1. The van der Waals surface area contributed by atoms with Crippen LogP contribution in [0.2, 0.25) is 0 Å². The molecule has 0 aliphatic heterocycles. The van der Waals surface area contributed by atoms with Gasteiger partial charge in [0, 0.05) is 16.7 Å². The Labute approximate surface area is 174 Å². The van der Waals surface area contributed by atoms with Crippen LogP contribution in [0.1, 0.15) is 25.3 Å². The Bertz CT molecular complexity index is 1030. The summed E-state index contributed by atoms with van der Waals surface area (Å²) in [5.41, 5.74) is 2.49. The number of aryl methyl sites for hydroxylation is 1. The van der Waals surface area contributed by atoms with Crippen LogP contribution in [0.4, 0.5) is 5.69 Å². The quantitative estimate of drug-likeness (QED) is 0.391. The van der Waals surface area contributed by atoms with Crippen LogP contribution in [-0.4, -0.2) is 21.2 Å². The molecule has 0 fully saturated rings. The Balaban J connectivity index is 1.76. The molecule has 142 valence electrons. The minimum atomic E-state index is -0.122. The second-order valence-corrected chi connectivity index (χ2v) is 8.85. The fourth-order valence-electron chi connectivity index (χ4n) is 2.60. The molecule has 1 N–H and O–H groups in total. The van der Waals surface area contributed by atoms with Gasteiger partial charge in [0.25, 0.3) is 5.56 Å². The first-order valence-electron chi connectivity index (χ1n) is 8.66. The van der Waals surface area contributed by atoms with Gasteiger partial charge in [0.1, 0.15) is 4.70 Å². The van der Waals surface area contributed by atoms with Crippen molar-refractivity contribution in [1.29, 1.82) is 0 Å². The van der Waals surface area contributed by atoms with Crippen molar-refractivity contribution in [3.05, 3.63) is 50.0 Å².